The van der Waals surface area contributed by atoms with Gasteiger partial charge in [-0.25, -0.2) is 4.98 Å². The van der Waals surface area contributed by atoms with E-state index in [1.807, 2.05) is 34.5 Å². The van der Waals surface area contributed by atoms with Gasteiger partial charge in [-0.2, -0.15) is 4.98 Å². The van der Waals surface area contributed by atoms with Gasteiger partial charge in [0.25, 0.3) is 0 Å². The number of piperidine rings is 1. The maximum absolute atomic E-state index is 11.4. The molecule has 3 heterocycles. The molecule has 5 nitrogen and oxygen atoms in total. The zero-order valence-corrected chi connectivity index (χ0v) is 16.0. The highest BCUT2D eigenvalue weighted by atomic mass is 35.5. The van der Waals surface area contributed by atoms with Gasteiger partial charge >= 0.3 is 5.97 Å². The van der Waals surface area contributed by atoms with Crippen molar-refractivity contribution < 1.29 is 9.90 Å². The number of carboxylic acid groups (broad SMARTS) is 1. The molecule has 1 atom stereocenters. The molecule has 4 rings (SSSR count). The molecule has 1 saturated heterocycles. The number of aliphatic carboxylic acids is 1. The van der Waals surface area contributed by atoms with Crippen LogP contribution >= 0.6 is 34.5 Å². The van der Waals surface area contributed by atoms with Crippen LogP contribution in [0.5, 0.6) is 0 Å². The Balaban J connectivity index is 1.84. The normalized spacial score (nSPS) is 17.6. The lowest BCUT2D eigenvalue weighted by Gasteiger charge is -2.32. The second-order valence-corrected chi connectivity index (χ2v) is 7.91. The second-order valence-electron chi connectivity index (χ2n) is 6.28. The van der Waals surface area contributed by atoms with E-state index in [4.69, 9.17) is 23.2 Å². The van der Waals surface area contributed by atoms with Gasteiger partial charge in [0.2, 0.25) is 5.28 Å². The number of nitrogens with zero attached hydrogens (tertiary/aromatic N) is 3. The summed E-state index contributed by atoms with van der Waals surface area (Å²) >= 11 is 13.7. The first-order chi connectivity index (χ1) is 12.5. The first kappa shape index (κ1) is 17.5. The number of anilines is 1. The molecule has 134 valence electrons. The summed E-state index contributed by atoms with van der Waals surface area (Å²) in [6.45, 7) is 1.18. The number of aromatic nitrogens is 2. The fraction of sp³-hybridized carbons (Fsp3) is 0.278. The van der Waals surface area contributed by atoms with Crippen LogP contribution in [0.25, 0.3) is 21.3 Å². The van der Waals surface area contributed by atoms with Crippen molar-refractivity contribution in [2.75, 3.05) is 18.0 Å². The molecule has 26 heavy (non-hydrogen) atoms. The quantitative estimate of drug-likeness (QED) is 0.620. The predicted octanol–water partition coefficient (Wildman–Crippen LogP) is 4.97. The van der Waals surface area contributed by atoms with Gasteiger partial charge in [0.15, 0.2) is 0 Å². The molecule has 1 aliphatic rings. The highest BCUT2D eigenvalue weighted by Crippen LogP contribution is 2.40. The van der Waals surface area contributed by atoms with Crippen molar-refractivity contribution in [3.05, 3.63) is 40.0 Å². The first-order valence-electron chi connectivity index (χ1n) is 8.21. The van der Waals surface area contributed by atoms with E-state index in [1.165, 1.54) is 11.3 Å². The van der Waals surface area contributed by atoms with Crippen LogP contribution in [-0.2, 0) is 4.79 Å². The Hall–Kier alpha value is -1.89. The summed E-state index contributed by atoms with van der Waals surface area (Å²) < 4.78 is 0. The molecule has 0 saturated carbocycles. The zero-order valence-electron chi connectivity index (χ0n) is 13.7. The van der Waals surface area contributed by atoms with Crippen LogP contribution < -0.4 is 4.90 Å². The number of benzene rings is 1. The zero-order chi connectivity index (χ0) is 18.3. The van der Waals surface area contributed by atoms with E-state index in [9.17, 15) is 9.90 Å². The van der Waals surface area contributed by atoms with Crippen molar-refractivity contribution in [1.29, 1.82) is 0 Å². The average molecular weight is 408 g/mol. The minimum atomic E-state index is -0.769. The molecule has 0 amide bonds. The van der Waals surface area contributed by atoms with E-state index in [-0.39, 0.29) is 5.28 Å². The number of carboxylic acids is 1. The Morgan fingerprint density at radius 2 is 2.00 bits per heavy atom. The first-order valence-corrected chi connectivity index (χ1v) is 9.85. The molecule has 0 aliphatic carbocycles. The van der Waals surface area contributed by atoms with Gasteiger partial charge in [0.05, 0.1) is 11.3 Å². The molecule has 1 fully saturated rings. The Morgan fingerprint density at radius 3 is 2.73 bits per heavy atom. The summed E-state index contributed by atoms with van der Waals surface area (Å²) in [5, 5.41) is 13.2. The van der Waals surface area contributed by atoms with Crippen molar-refractivity contribution in [2.45, 2.75) is 12.8 Å². The summed E-state index contributed by atoms with van der Waals surface area (Å²) in [7, 11) is 0. The monoisotopic (exact) mass is 407 g/mol. The van der Waals surface area contributed by atoms with Gasteiger partial charge in [-0.05, 0) is 42.1 Å². The van der Waals surface area contributed by atoms with Crippen molar-refractivity contribution in [3.8, 4) is 11.1 Å². The van der Waals surface area contributed by atoms with Crippen LogP contribution in [0, 0.1) is 5.92 Å². The van der Waals surface area contributed by atoms with E-state index < -0.39 is 11.9 Å². The van der Waals surface area contributed by atoms with Crippen molar-refractivity contribution in [2.24, 2.45) is 5.92 Å². The minimum Gasteiger partial charge on any atom is -0.481 e. The topological polar surface area (TPSA) is 66.3 Å². The summed E-state index contributed by atoms with van der Waals surface area (Å²) in [5.74, 6) is -0.461. The van der Waals surface area contributed by atoms with Crippen LogP contribution in [0.1, 0.15) is 12.8 Å². The summed E-state index contributed by atoms with van der Waals surface area (Å²) in [6.07, 6.45) is 1.49. The summed E-state index contributed by atoms with van der Waals surface area (Å²) in [6, 6.07) is 7.60. The van der Waals surface area contributed by atoms with E-state index in [1.54, 1.807) is 0 Å². The summed E-state index contributed by atoms with van der Waals surface area (Å²) in [4.78, 5) is 23.1. The predicted molar refractivity (Wildman–Crippen MR) is 105 cm³/mol. The molecular formula is C18H15Cl2N3O2S. The van der Waals surface area contributed by atoms with Crippen LogP contribution in [0.2, 0.25) is 10.3 Å². The number of thiophene rings is 1. The van der Waals surface area contributed by atoms with Crippen molar-refractivity contribution >= 4 is 56.5 Å². The van der Waals surface area contributed by atoms with Crippen LogP contribution in [-0.4, -0.2) is 34.1 Å². The van der Waals surface area contributed by atoms with Crippen molar-refractivity contribution in [1.82, 2.24) is 9.97 Å². The molecule has 0 radical (unpaired) electrons. The molecule has 2 aromatic heterocycles. The lowest BCUT2D eigenvalue weighted by Crippen LogP contribution is -2.39. The highest BCUT2D eigenvalue weighted by Gasteiger charge is 2.28. The lowest BCUT2D eigenvalue weighted by atomic mass is 9.97. The maximum atomic E-state index is 11.4. The van der Waals surface area contributed by atoms with E-state index in [0.717, 1.165) is 34.3 Å². The smallest absolute Gasteiger partial charge is 0.308 e. The van der Waals surface area contributed by atoms with Gasteiger partial charge in [0, 0.05) is 29.1 Å². The third kappa shape index (κ3) is 3.24. The molecular weight excluding hydrogens is 393 g/mol. The molecule has 1 aliphatic heterocycles. The number of hydrogen-bond donors (Lipinski definition) is 1. The molecule has 8 heteroatoms. The Bertz CT molecular complexity index is 974. The molecule has 1 N–H and O–H groups in total. The van der Waals surface area contributed by atoms with Gasteiger partial charge in [-0.3, -0.25) is 4.79 Å². The third-order valence-electron chi connectivity index (χ3n) is 4.61. The SMILES string of the molecule is O=C(O)C1CCCN(c2nc(Cl)nc3scc(-c4ccc(Cl)cc4)c23)C1. The fourth-order valence-electron chi connectivity index (χ4n) is 3.34. The fourth-order valence-corrected chi connectivity index (χ4v) is 4.62. The summed E-state index contributed by atoms with van der Waals surface area (Å²) in [5.41, 5.74) is 2.02. The number of halogens is 2. The molecule has 1 aromatic carbocycles. The number of fused-ring (bicyclic) bond motifs is 1. The van der Waals surface area contributed by atoms with Gasteiger partial charge < -0.3 is 10.0 Å². The Kier molecular flexibility index (Phi) is 4.73. The van der Waals surface area contributed by atoms with Gasteiger partial charge in [-0.15, -0.1) is 11.3 Å². The standard InChI is InChI=1S/C18H15Cl2N3O2S/c19-12-5-3-10(4-6-12)13-9-26-16-14(13)15(21-18(20)22-16)23-7-1-2-11(8-23)17(24)25/h3-6,9,11H,1-2,7-8H2,(H,24,25). The van der Waals surface area contributed by atoms with E-state index in [2.05, 4.69) is 9.97 Å². The number of carbonyl (C=O) groups is 1. The second kappa shape index (κ2) is 7.02. The van der Waals surface area contributed by atoms with Crippen LogP contribution in [0.3, 0.4) is 0 Å². The van der Waals surface area contributed by atoms with Gasteiger partial charge in [-0.1, -0.05) is 23.7 Å². The largest absolute Gasteiger partial charge is 0.481 e. The highest BCUT2D eigenvalue weighted by molar-refractivity contribution is 7.17. The Labute approximate surface area is 164 Å². The lowest BCUT2D eigenvalue weighted by molar-refractivity contribution is -0.141. The van der Waals surface area contributed by atoms with Crippen molar-refractivity contribution in [3.63, 3.8) is 0 Å². The Morgan fingerprint density at radius 1 is 1.23 bits per heavy atom. The average Bonchev–Trinajstić information content (AvgIpc) is 3.05. The van der Waals surface area contributed by atoms with Gasteiger partial charge in [0.1, 0.15) is 10.6 Å². The maximum Gasteiger partial charge on any atom is 0.308 e. The number of rotatable bonds is 3. The minimum absolute atomic E-state index is 0.175. The number of hydrogen-bond acceptors (Lipinski definition) is 5. The molecule has 1 unspecified atom stereocenters. The molecule has 3 aromatic rings. The van der Waals surface area contributed by atoms with E-state index in [0.29, 0.717) is 23.8 Å². The molecule has 0 bridgehead atoms. The molecule has 0 spiro atoms. The van der Waals surface area contributed by atoms with E-state index >= 15 is 0 Å². The van der Waals surface area contributed by atoms with Crippen LogP contribution in [0.4, 0.5) is 5.82 Å². The third-order valence-corrected chi connectivity index (χ3v) is 5.91. The van der Waals surface area contributed by atoms with Crippen LogP contribution in [0.15, 0.2) is 29.6 Å².